The molecule has 1 heterocycles. The summed E-state index contributed by atoms with van der Waals surface area (Å²) in [4.78, 5) is 0. The molecule has 3 rings (SSSR count). The molecule has 128 valence electrons. The Morgan fingerprint density at radius 3 is 1.92 bits per heavy atom. The zero-order valence-corrected chi connectivity index (χ0v) is 14.5. The van der Waals surface area contributed by atoms with Crippen LogP contribution < -0.4 is 0 Å². The maximum Gasteiger partial charge on any atom is 0.264 e. The molecule has 24 heavy (non-hydrogen) atoms. The second-order valence-electron chi connectivity index (χ2n) is 6.17. The summed E-state index contributed by atoms with van der Waals surface area (Å²) in [6, 6.07) is 20.6. The summed E-state index contributed by atoms with van der Waals surface area (Å²) in [5, 5.41) is 0. The Hall–Kier alpha value is -1.69. The summed E-state index contributed by atoms with van der Waals surface area (Å²) in [6.45, 7) is 0.300. The summed E-state index contributed by atoms with van der Waals surface area (Å²) < 4.78 is 33.6. The van der Waals surface area contributed by atoms with Gasteiger partial charge in [0.2, 0.25) is 0 Å². The monoisotopic (exact) mass is 346 g/mol. The van der Waals surface area contributed by atoms with Crippen molar-refractivity contribution in [2.75, 3.05) is 12.9 Å². The molecular weight excluding hydrogens is 324 g/mol. The lowest BCUT2D eigenvalue weighted by Gasteiger charge is -2.34. The average molecular weight is 346 g/mol. The number of hydrogen-bond acceptors (Lipinski definition) is 4. The molecule has 2 atom stereocenters. The van der Waals surface area contributed by atoms with E-state index in [0.717, 1.165) is 12.7 Å². The molecule has 1 saturated heterocycles. The van der Waals surface area contributed by atoms with Crippen molar-refractivity contribution in [2.45, 2.75) is 31.0 Å². The Balaban J connectivity index is 1.78. The first-order chi connectivity index (χ1) is 11.5. The first-order valence-electron chi connectivity index (χ1n) is 8.13. The van der Waals surface area contributed by atoms with E-state index in [-0.39, 0.29) is 18.1 Å². The molecule has 0 bridgehead atoms. The summed E-state index contributed by atoms with van der Waals surface area (Å²) in [5.74, 6) is 0.131. The van der Waals surface area contributed by atoms with Crippen molar-refractivity contribution in [3.05, 3.63) is 71.8 Å². The van der Waals surface area contributed by atoms with Crippen LogP contribution in [-0.2, 0) is 19.0 Å². The fraction of sp³-hybridized carbons (Fsp3) is 0.368. The number of ether oxygens (including phenoxy) is 1. The van der Waals surface area contributed by atoms with Gasteiger partial charge in [0.1, 0.15) is 6.10 Å². The first-order valence-corrected chi connectivity index (χ1v) is 9.94. The molecule has 0 amide bonds. The molecule has 2 aromatic carbocycles. The van der Waals surface area contributed by atoms with Crippen molar-refractivity contribution in [3.8, 4) is 0 Å². The average Bonchev–Trinajstić information content (AvgIpc) is 2.57. The van der Waals surface area contributed by atoms with Gasteiger partial charge in [0.05, 0.1) is 19.0 Å². The maximum atomic E-state index is 11.3. The molecule has 0 aromatic heterocycles. The SMILES string of the molecule is CS(=O)(=O)O[C@@H]1CC[C@@H](C(c2ccccc2)c2ccccc2)OC1. The molecule has 2 aromatic rings. The van der Waals surface area contributed by atoms with Gasteiger partial charge in [0.25, 0.3) is 10.1 Å². The fourth-order valence-electron chi connectivity index (χ4n) is 3.28. The van der Waals surface area contributed by atoms with Gasteiger partial charge in [-0.05, 0) is 24.0 Å². The van der Waals surface area contributed by atoms with Crippen LogP contribution in [0.15, 0.2) is 60.7 Å². The predicted octanol–water partition coefficient (Wildman–Crippen LogP) is 3.34. The zero-order chi connectivity index (χ0) is 17.0. The van der Waals surface area contributed by atoms with E-state index in [1.54, 1.807) is 0 Å². The van der Waals surface area contributed by atoms with Crippen molar-refractivity contribution in [2.24, 2.45) is 0 Å². The molecule has 1 aliphatic rings. The van der Waals surface area contributed by atoms with Crippen molar-refractivity contribution in [3.63, 3.8) is 0 Å². The Morgan fingerprint density at radius 1 is 0.958 bits per heavy atom. The molecule has 0 radical (unpaired) electrons. The highest BCUT2D eigenvalue weighted by Crippen LogP contribution is 2.34. The van der Waals surface area contributed by atoms with Crippen molar-refractivity contribution >= 4 is 10.1 Å². The van der Waals surface area contributed by atoms with E-state index in [1.807, 2.05) is 36.4 Å². The normalized spacial score (nSPS) is 21.8. The van der Waals surface area contributed by atoms with Gasteiger partial charge < -0.3 is 4.74 Å². The molecule has 0 unspecified atom stereocenters. The van der Waals surface area contributed by atoms with Crippen LogP contribution in [0.1, 0.15) is 29.9 Å². The van der Waals surface area contributed by atoms with Gasteiger partial charge in [-0.15, -0.1) is 0 Å². The summed E-state index contributed by atoms with van der Waals surface area (Å²) in [5.41, 5.74) is 2.41. The van der Waals surface area contributed by atoms with Crippen LogP contribution in [0.3, 0.4) is 0 Å². The van der Waals surface area contributed by atoms with E-state index in [0.29, 0.717) is 13.0 Å². The number of benzene rings is 2. The van der Waals surface area contributed by atoms with Crippen LogP contribution in [0.4, 0.5) is 0 Å². The Kier molecular flexibility index (Phi) is 5.33. The molecular formula is C19H22O4S. The van der Waals surface area contributed by atoms with Crippen molar-refractivity contribution < 1.29 is 17.3 Å². The maximum absolute atomic E-state index is 11.3. The largest absolute Gasteiger partial charge is 0.374 e. The highest BCUT2D eigenvalue weighted by molar-refractivity contribution is 7.86. The van der Waals surface area contributed by atoms with Gasteiger partial charge in [-0.1, -0.05) is 60.7 Å². The van der Waals surface area contributed by atoms with E-state index in [1.165, 1.54) is 11.1 Å². The van der Waals surface area contributed by atoms with E-state index in [9.17, 15) is 8.42 Å². The van der Waals surface area contributed by atoms with Gasteiger partial charge in [-0.2, -0.15) is 8.42 Å². The molecule has 1 aliphatic heterocycles. The van der Waals surface area contributed by atoms with Gasteiger partial charge in [-0.25, -0.2) is 0 Å². The van der Waals surface area contributed by atoms with Gasteiger partial charge in [0.15, 0.2) is 0 Å². The van der Waals surface area contributed by atoms with Crippen LogP contribution in [-0.4, -0.2) is 33.5 Å². The third kappa shape index (κ3) is 4.44. The Morgan fingerprint density at radius 2 is 1.50 bits per heavy atom. The topological polar surface area (TPSA) is 52.6 Å². The molecule has 4 nitrogen and oxygen atoms in total. The van der Waals surface area contributed by atoms with Gasteiger partial charge >= 0.3 is 0 Å². The first kappa shape index (κ1) is 17.1. The Bertz CT molecular complexity index is 696. The smallest absolute Gasteiger partial charge is 0.264 e. The molecule has 0 saturated carbocycles. The molecule has 1 fully saturated rings. The highest BCUT2D eigenvalue weighted by Gasteiger charge is 2.32. The summed E-state index contributed by atoms with van der Waals surface area (Å²) in [6.07, 6.45) is 2.14. The van der Waals surface area contributed by atoms with E-state index in [4.69, 9.17) is 8.92 Å². The number of hydrogen-bond donors (Lipinski definition) is 0. The zero-order valence-electron chi connectivity index (χ0n) is 13.7. The van der Waals surface area contributed by atoms with Crippen molar-refractivity contribution in [1.82, 2.24) is 0 Å². The third-order valence-corrected chi connectivity index (χ3v) is 4.89. The minimum atomic E-state index is -3.45. The van der Waals surface area contributed by atoms with E-state index < -0.39 is 10.1 Å². The standard InChI is InChI=1S/C19H22O4S/c1-24(20,21)23-17-12-13-18(22-14-17)19(15-8-4-2-5-9-15)16-10-6-3-7-11-16/h2-11,17-19H,12-14H2,1H3/t17-,18+/m1/s1. The lowest BCUT2D eigenvalue weighted by molar-refractivity contribution is -0.0499. The molecule has 5 heteroatoms. The van der Waals surface area contributed by atoms with Crippen LogP contribution >= 0.6 is 0 Å². The van der Waals surface area contributed by atoms with Crippen LogP contribution in [0, 0.1) is 0 Å². The second kappa shape index (κ2) is 7.47. The van der Waals surface area contributed by atoms with Crippen LogP contribution in [0.2, 0.25) is 0 Å². The fourth-order valence-corrected chi connectivity index (χ4v) is 3.92. The molecule has 0 aliphatic carbocycles. The minimum Gasteiger partial charge on any atom is -0.374 e. The van der Waals surface area contributed by atoms with E-state index >= 15 is 0 Å². The van der Waals surface area contributed by atoms with Crippen LogP contribution in [0.5, 0.6) is 0 Å². The minimum absolute atomic E-state index is 0.00853. The van der Waals surface area contributed by atoms with Gasteiger partial charge in [0, 0.05) is 5.92 Å². The van der Waals surface area contributed by atoms with Crippen LogP contribution in [0.25, 0.3) is 0 Å². The lowest BCUT2D eigenvalue weighted by atomic mass is 9.83. The Labute approximate surface area is 143 Å². The third-order valence-electron chi connectivity index (χ3n) is 4.27. The summed E-state index contributed by atoms with van der Waals surface area (Å²) in [7, 11) is -3.45. The van der Waals surface area contributed by atoms with E-state index in [2.05, 4.69) is 24.3 Å². The quantitative estimate of drug-likeness (QED) is 0.779. The predicted molar refractivity (Wildman–Crippen MR) is 93.4 cm³/mol. The molecule has 0 spiro atoms. The van der Waals surface area contributed by atoms with Crippen molar-refractivity contribution in [1.29, 1.82) is 0 Å². The summed E-state index contributed by atoms with van der Waals surface area (Å²) >= 11 is 0. The second-order valence-corrected chi connectivity index (χ2v) is 7.77. The lowest BCUT2D eigenvalue weighted by Crippen LogP contribution is -2.36. The highest BCUT2D eigenvalue weighted by atomic mass is 32.2. The number of rotatable bonds is 5. The van der Waals surface area contributed by atoms with Gasteiger partial charge in [-0.3, -0.25) is 4.18 Å². The molecule has 0 N–H and O–H groups in total.